The van der Waals surface area contributed by atoms with E-state index in [9.17, 15) is 18.3 Å². The summed E-state index contributed by atoms with van der Waals surface area (Å²) in [7, 11) is 0. The third-order valence-electron chi connectivity index (χ3n) is 3.08. The van der Waals surface area contributed by atoms with E-state index in [0.29, 0.717) is 13.1 Å². The predicted octanol–water partition coefficient (Wildman–Crippen LogP) is 2.63. The third kappa shape index (κ3) is 5.88. The molecule has 2 N–H and O–H groups in total. The molecule has 4 nitrogen and oxygen atoms in total. The fraction of sp³-hybridized carbons (Fsp3) is 0.312. The maximum atomic E-state index is 12.4. The summed E-state index contributed by atoms with van der Waals surface area (Å²) < 4.78 is 42.5. The number of hydrogen-bond donors (Lipinski definition) is 2. The highest BCUT2D eigenvalue weighted by Gasteiger charge is 2.30. The zero-order valence-corrected chi connectivity index (χ0v) is 12.3. The second-order valence-electron chi connectivity index (χ2n) is 4.97. The number of nitrogens with one attached hydrogen (secondary N) is 1. The van der Waals surface area contributed by atoms with E-state index in [1.54, 1.807) is 12.4 Å². The zero-order valence-electron chi connectivity index (χ0n) is 12.3. The van der Waals surface area contributed by atoms with E-state index in [-0.39, 0.29) is 12.4 Å². The molecule has 1 unspecified atom stereocenters. The lowest BCUT2D eigenvalue weighted by atomic mass is 10.2. The Bertz CT molecular complexity index is 589. The molecule has 1 aromatic carbocycles. The summed E-state index contributed by atoms with van der Waals surface area (Å²) in [6, 6.07) is 8.09. The fourth-order valence-electron chi connectivity index (χ4n) is 1.88. The molecule has 0 bridgehead atoms. The van der Waals surface area contributed by atoms with Crippen LogP contribution >= 0.6 is 0 Å². The molecule has 1 heterocycles. The smallest absolute Gasteiger partial charge is 0.416 e. The Kier molecular flexibility index (Phi) is 5.95. The van der Waals surface area contributed by atoms with Crippen molar-refractivity contribution in [1.29, 1.82) is 0 Å². The molecular formula is C16H17F3N2O2. The molecule has 0 radical (unpaired) electrons. The number of halogens is 3. The molecule has 23 heavy (non-hydrogen) atoms. The lowest BCUT2D eigenvalue weighted by Crippen LogP contribution is -2.31. The average Bonchev–Trinajstić information content (AvgIpc) is 2.53. The summed E-state index contributed by atoms with van der Waals surface area (Å²) >= 11 is 0. The Morgan fingerprint density at radius 2 is 1.74 bits per heavy atom. The molecule has 0 saturated carbocycles. The average molecular weight is 326 g/mol. The van der Waals surface area contributed by atoms with Crippen molar-refractivity contribution in [3.05, 3.63) is 59.9 Å². The second kappa shape index (κ2) is 7.94. The van der Waals surface area contributed by atoms with Gasteiger partial charge in [0, 0.05) is 25.5 Å². The van der Waals surface area contributed by atoms with Gasteiger partial charge in [-0.05, 0) is 42.0 Å². The molecule has 0 aliphatic carbocycles. The van der Waals surface area contributed by atoms with Gasteiger partial charge in [0.2, 0.25) is 0 Å². The van der Waals surface area contributed by atoms with Crippen molar-refractivity contribution >= 4 is 0 Å². The Morgan fingerprint density at radius 3 is 2.35 bits per heavy atom. The van der Waals surface area contributed by atoms with Crippen molar-refractivity contribution < 1.29 is 23.0 Å². The summed E-state index contributed by atoms with van der Waals surface area (Å²) in [6.45, 7) is 0.886. The van der Waals surface area contributed by atoms with Gasteiger partial charge >= 0.3 is 6.18 Å². The van der Waals surface area contributed by atoms with Crippen LogP contribution in [0.15, 0.2) is 48.8 Å². The molecule has 0 spiro atoms. The monoisotopic (exact) mass is 326 g/mol. The van der Waals surface area contributed by atoms with E-state index in [0.717, 1.165) is 17.7 Å². The van der Waals surface area contributed by atoms with Gasteiger partial charge in [-0.15, -0.1) is 0 Å². The highest BCUT2D eigenvalue weighted by atomic mass is 19.4. The maximum absolute atomic E-state index is 12.4. The van der Waals surface area contributed by atoms with Crippen LogP contribution in [0.4, 0.5) is 13.2 Å². The first-order chi connectivity index (χ1) is 10.9. The summed E-state index contributed by atoms with van der Waals surface area (Å²) in [5.74, 6) is 0.284. The minimum absolute atomic E-state index is 0.00525. The van der Waals surface area contributed by atoms with Crippen LogP contribution in [0.25, 0.3) is 0 Å². The standard InChI is InChI=1S/C16H17F3N2O2/c17-16(18,19)13-1-3-15(4-2-13)23-11-14(22)10-21-9-12-5-7-20-8-6-12/h1-8,14,21-22H,9-11H2. The molecule has 0 aliphatic heterocycles. The van der Waals surface area contributed by atoms with Gasteiger partial charge in [0.1, 0.15) is 18.5 Å². The van der Waals surface area contributed by atoms with Crippen molar-refractivity contribution in [3.63, 3.8) is 0 Å². The van der Waals surface area contributed by atoms with Crippen LogP contribution in [0.5, 0.6) is 5.75 Å². The number of alkyl halides is 3. The summed E-state index contributed by atoms with van der Waals surface area (Å²) in [4.78, 5) is 3.91. The lowest BCUT2D eigenvalue weighted by molar-refractivity contribution is -0.137. The first-order valence-corrected chi connectivity index (χ1v) is 7.03. The van der Waals surface area contributed by atoms with Crippen molar-refractivity contribution in [2.75, 3.05) is 13.2 Å². The Labute approximate surface area is 131 Å². The van der Waals surface area contributed by atoms with Gasteiger partial charge in [0.15, 0.2) is 0 Å². The molecule has 124 valence electrons. The minimum atomic E-state index is -4.37. The highest BCUT2D eigenvalue weighted by Crippen LogP contribution is 2.30. The molecule has 0 fully saturated rings. The van der Waals surface area contributed by atoms with E-state index in [1.807, 2.05) is 12.1 Å². The number of aliphatic hydroxyl groups excluding tert-OH is 1. The summed E-state index contributed by atoms with van der Waals surface area (Å²) in [5.41, 5.74) is 0.306. The van der Waals surface area contributed by atoms with Crippen LogP contribution < -0.4 is 10.1 Å². The van der Waals surface area contributed by atoms with Crippen LogP contribution in [0, 0.1) is 0 Å². The molecule has 0 aliphatic rings. The van der Waals surface area contributed by atoms with Crippen LogP contribution in [-0.2, 0) is 12.7 Å². The number of rotatable bonds is 7. The van der Waals surface area contributed by atoms with Gasteiger partial charge < -0.3 is 15.2 Å². The second-order valence-corrected chi connectivity index (χ2v) is 4.97. The maximum Gasteiger partial charge on any atom is 0.416 e. The van der Waals surface area contributed by atoms with Gasteiger partial charge in [-0.25, -0.2) is 0 Å². The van der Waals surface area contributed by atoms with E-state index >= 15 is 0 Å². The van der Waals surface area contributed by atoms with Crippen LogP contribution in [-0.4, -0.2) is 29.3 Å². The number of aliphatic hydroxyl groups is 1. The molecule has 1 aromatic heterocycles. The largest absolute Gasteiger partial charge is 0.491 e. The highest BCUT2D eigenvalue weighted by molar-refractivity contribution is 5.28. The quantitative estimate of drug-likeness (QED) is 0.821. The molecule has 2 rings (SSSR count). The Hall–Kier alpha value is -2.12. The van der Waals surface area contributed by atoms with Crippen LogP contribution in [0.3, 0.4) is 0 Å². The Balaban J connectivity index is 1.71. The number of aromatic nitrogens is 1. The first-order valence-electron chi connectivity index (χ1n) is 7.03. The van der Waals surface area contributed by atoms with Gasteiger partial charge in [0.25, 0.3) is 0 Å². The van der Waals surface area contributed by atoms with Crippen molar-refractivity contribution in [2.45, 2.75) is 18.8 Å². The van der Waals surface area contributed by atoms with E-state index in [4.69, 9.17) is 4.74 Å². The molecular weight excluding hydrogens is 309 g/mol. The van der Waals surface area contributed by atoms with E-state index < -0.39 is 17.8 Å². The van der Waals surface area contributed by atoms with E-state index in [2.05, 4.69) is 10.3 Å². The third-order valence-corrected chi connectivity index (χ3v) is 3.08. The number of ether oxygens (including phenoxy) is 1. The predicted molar refractivity (Wildman–Crippen MR) is 78.9 cm³/mol. The van der Waals surface area contributed by atoms with Crippen molar-refractivity contribution in [2.24, 2.45) is 0 Å². The van der Waals surface area contributed by atoms with Gasteiger partial charge in [-0.1, -0.05) is 0 Å². The van der Waals surface area contributed by atoms with Crippen molar-refractivity contribution in [1.82, 2.24) is 10.3 Å². The normalized spacial score (nSPS) is 12.9. The lowest BCUT2D eigenvalue weighted by Gasteiger charge is -2.14. The molecule has 7 heteroatoms. The topological polar surface area (TPSA) is 54.4 Å². The minimum Gasteiger partial charge on any atom is -0.491 e. The van der Waals surface area contributed by atoms with Crippen LogP contribution in [0.2, 0.25) is 0 Å². The molecule has 0 amide bonds. The number of nitrogens with zero attached hydrogens (tertiary/aromatic N) is 1. The molecule has 0 saturated heterocycles. The van der Waals surface area contributed by atoms with Gasteiger partial charge in [-0.2, -0.15) is 13.2 Å². The van der Waals surface area contributed by atoms with E-state index in [1.165, 1.54) is 12.1 Å². The fourth-order valence-corrected chi connectivity index (χ4v) is 1.88. The van der Waals surface area contributed by atoms with Gasteiger partial charge in [0.05, 0.1) is 5.56 Å². The SMILES string of the molecule is OC(CNCc1ccncc1)COc1ccc(C(F)(F)F)cc1. The Morgan fingerprint density at radius 1 is 1.09 bits per heavy atom. The molecule has 1 atom stereocenters. The van der Waals surface area contributed by atoms with Crippen molar-refractivity contribution in [3.8, 4) is 5.75 Å². The summed E-state index contributed by atoms with van der Waals surface area (Å²) in [5, 5.41) is 12.9. The number of pyridine rings is 1. The first kappa shape index (κ1) is 17.2. The number of benzene rings is 1. The van der Waals surface area contributed by atoms with Crippen LogP contribution in [0.1, 0.15) is 11.1 Å². The van der Waals surface area contributed by atoms with Gasteiger partial charge in [-0.3, -0.25) is 4.98 Å². The summed E-state index contributed by atoms with van der Waals surface area (Å²) in [6.07, 6.45) is -1.77. The molecule has 2 aromatic rings. The number of hydrogen-bond acceptors (Lipinski definition) is 4. The zero-order chi connectivity index (χ0) is 16.7.